The molecule has 2 atom stereocenters. The molecule has 0 aromatic carbocycles. The zero-order valence-electron chi connectivity index (χ0n) is 13.8. The third kappa shape index (κ3) is 2.40. The van der Waals surface area contributed by atoms with Gasteiger partial charge < -0.3 is 15.8 Å². The van der Waals surface area contributed by atoms with E-state index in [1.54, 1.807) is 6.20 Å². The second kappa shape index (κ2) is 5.51. The predicted octanol–water partition coefficient (Wildman–Crippen LogP) is 2.35. The van der Waals surface area contributed by atoms with Crippen molar-refractivity contribution in [2.75, 3.05) is 5.32 Å². The Morgan fingerprint density at radius 1 is 1.42 bits per heavy atom. The van der Waals surface area contributed by atoms with Crippen LogP contribution in [0.4, 0.5) is 5.82 Å². The number of pyridine rings is 1. The molecule has 2 aliphatic rings. The van der Waals surface area contributed by atoms with Gasteiger partial charge in [-0.05, 0) is 38.8 Å². The largest absolute Gasteiger partial charge is 0.474 e. The van der Waals surface area contributed by atoms with Gasteiger partial charge >= 0.3 is 0 Å². The number of nitrogens with two attached hydrogens (primary N) is 1. The summed E-state index contributed by atoms with van der Waals surface area (Å²) < 4.78 is 7.79. The zero-order valence-corrected chi connectivity index (χ0v) is 13.8. The highest BCUT2D eigenvalue weighted by Crippen LogP contribution is 2.44. The summed E-state index contributed by atoms with van der Waals surface area (Å²) in [6, 6.07) is 4.37. The van der Waals surface area contributed by atoms with Crippen LogP contribution < -0.4 is 15.8 Å². The monoisotopic (exact) mass is 327 g/mol. The Kier molecular flexibility index (Phi) is 3.44. The second-order valence-corrected chi connectivity index (χ2v) is 6.78. The van der Waals surface area contributed by atoms with Crippen molar-refractivity contribution in [3.63, 3.8) is 0 Å². The molecule has 126 valence electrons. The summed E-state index contributed by atoms with van der Waals surface area (Å²) in [5.41, 5.74) is 7.29. The SMILES string of the molecule is CC(C)Nc1ccc(-c2nn3c(c2C(N)=O)OC2CCC3C2)cn1. The van der Waals surface area contributed by atoms with Crippen LogP contribution in [0.25, 0.3) is 11.3 Å². The standard InChI is InChI=1S/C17H21N5O2/c1-9(2)20-13-6-3-10(8-19-13)15-14(16(18)23)17-22(21-15)11-4-5-12(7-11)24-17/h3,6,8-9,11-12H,4-5,7H2,1-2H3,(H2,18,23)(H,19,20). The minimum atomic E-state index is -0.517. The molecule has 24 heavy (non-hydrogen) atoms. The fourth-order valence-electron chi connectivity index (χ4n) is 3.52. The first-order valence-electron chi connectivity index (χ1n) is 8.35. The van der Waals surface area contributed by atoms with Crippen LogP contribution in [0.1, 0.15) is 49.5 Å². The summed E-state index contributed by atoms with van der Waals surface area (Å²) in [6.45, 7) is 4.10. The van der Waals surface area contributed by atoms with Gasteiger partial charge in [0.05, 0.1) is 6.04 Å². The van der Waals surface area contributed by atoms with E-state index in [1.165, 1.54) is 0 Å². The maximum Gasteiger partial charge on any atom is 0.256 e. The highest BCUT2D eigenvalue weighted by atomic mass is 16.5. The number of primary amides is 1. The Morgan fingerprint density at radius 3 is 2.92 bits per heavy atom. The summed E-state index contributed by atoms with van der Waals surface area (Å²) in [6.07, 6.45) is 4.84. The number of hydrogen-bond donors (Lipinski definition) is 2. The molecule has 1 saturated carbocycles. The summed E-state index contributed by atoms with van der Waals surface area (Å²) in [5, 5.41) is 7.88. The van der Waals surface area contributed by atoms with Gasteiger partial charge in [-0.1, -0.05) is 0 Å². The molecule has 1 aliphatic heterocycles. The lowest BCUT2D eigenvalue weighted by Gasteiger charge is -2.22. The van der Waals surface area contributed by atoms with Crippen molar-refractivity contribution in [2.24, 2.45) is 5.73 Å². The van der Waals surface area contributed by atoms with Crippen LogP contribution >= 0.6 is 0 Å². The van der Waals surface area contributed by atoms with Crippen molar-refractivity contribution < 1.29 is 9.53 Å². The van der Waals surface area contributed by atoms with Crippen LogP contribution in [0.5, 0.6) is 5.88 Å². The van der Waals surface area contributed by atoms with Crippen LogP contribution in [-0.4, -0.2) is 32.8 Å². The Labute approximate surface area is 140 Å². The van der Waals surface area contributed by atoms with Crippen molar-refractivity contribution in [1.82, 2.24) is 14.8 Å². The van der Waals surface area contributed by atoms with E-state index in [1.807, 2.05) is 16.8 Å². The fraction of sp³-hybridized carbons (Fsp3) is 0.471. The van der Waals surface area contributed by atoms with E-state index in [-0.39, 0.29) is 6.10 Å². The van der Waals surface area contributed by atoms with Gasteiger partial charge in [0.1, 0.15) is 23.2 Å². The Bertz CT molecular complexity index is 781. The number of fused-ring (bicyclic) bond motifs is 4. The highest BCUT2D eigenvalue weighted by molar-refractivity contribution is 6.01. The summed E-state index contributed by atoms with van der Waals surface area (Å²) in [7, 11) is 0. The van der Waals surface area contributed by atoms with Crippen molar-refractivity contribution in [2.45, 2.75) is 51.3 Å². The minimum absolute atomic E-state index is 0.167. The van der Waals surface area contributed by atoms with Crippen LogP contribution in [0.15, 0.2) is 18.3 Å². The maximum atomic E-state index is 12.0. The Balaban J connectivity index is 1.76. The van der Waals surface area contributed by atoms with Gasteiger partial charge in [0.15, 0.2) is 0 Å². The number of aromatic nitrogens is 3. The normalized spacial score (nSPS) is 21.5. The van der Waals surface area contributed by atoms with E-state index in [9.17, 15) is 4.79 Å². The average Bonchev–Trinajstić information content (AvgIpc) is 3.10. The van der Waals surface area contributed by atoms with E-state index in [2.05, 4.69) is 29.2 Å². The molecule has 2 aromatic heterocycles. The number of rotatable bonds is 4. The molecule has 1 amide bonds. The molecule has 1 fully saturated rings. The first-order chi connectivity index (χ1) is 11.5. The predicted molar refractivity (Wildman–Crippen MR) is 90.0 cm³/mol. The molecule has 1 aliphatic carbocycles. The summed E-state index contributed by atoms with van der Waals surface area (Å²) >= 11 is 0. The van der Waals surface area contributed by atoms with Gasteiger partial charge in [-0.15, -0.1) is 0 Å². The first kappa shape index (κ1) is 15.0. The summed E-state index contributed by atoms with van der Waals surface area (Å²) in [4.78, 5) is 16.4. The van der Waals surface area contributed by atoms with Crippen molar-refractivity contribution in [3.05, 3.63) is 23.9 Å². The van der Waals surface area contributed by atoms with Crippen LogP contribution in [0.2, 0.25) is 0 Å². The molecule has 7 nitrogen and oxygen atoms in total. The lowest BCUT2D eigenvalue weighted by atomic mass is 10.1. The Morgan fingerprint density at radius 2 is 2.25 bits per heavy atom. The van der Waals surface area contributed by atoms with E-state index < -0.39 is 5.91 Å². The molecule has 0 radical (unpaired) electrons. The molecule has 2 unspecified atom stereocenters. The molecule has 3 heterocycles. The molecular weight excluding hydrogens is 306 g/mol. The number of carbonyl (C=O) groups is 1. The molecule has 3 N–H and O–H groups in total. The van der Waals surface area contributed by atoms with Crippen LogP contribution in [0.3, 0.4) is 0 Å². The lowest BCUT2D eigenvalue weighted by Crippen LogP contribution is -2.24. The molecule has 7 heteroatoms. The minimum Gasteiger partial charge on any atom is -0.474 e. The number of anilines is 1. The third-order valence-electron chi connectivity index (χ3n) is 4.57. The number of nitrogens with zero attached hydrogens (tertiary/aromatic N) is 3. The molecule has 4 rings (SSSR count). The van der Waals surface area contributed by atoms with E-state index >= 15 is 0 Å². The van der Waals surface area contributed by atoms with Gasteiger partial charge in [0.2, 0.25) is 5.88 Å². The molecule has 2 aromatic rings. The van der Waals surface area contributed by atoms with E-state index in [0.717, 1.165) is 30.6 Å². The topological polar surface area (TPSA) is 95.1 Å². The van der Waals surface area contributed by atoms with Gasteiger partial charge in [0.25, 0.3) is 5.91 Å². The third-order valence-corrected chi connectivity index (χ3v) is 4.57. The molecular formula is C17H21N5O2. The number of ether oxygens (including phenoxy) is 1. The molecule has 2 bridgehead atoms. The average molecular weight is 327 g/mol. The number of nitrogens with one attached hydrogen (secondary N) is 1. The van der Waals surface area contributed by atoms with Crippen molar-refractivity contribution in [1.29, 1.82) is 0 Å². The number of hydrogen-bond acceptors (Lipinski definition) is 5. The number of amides is 1. The van der Waals surface area contributed by atoms with Crippen molar-refractivity contribution >= 4 is 11.7 Å². The molecule has 0 spiro atoms. The Hall–Kier alpha value is -2.57. The van der Waals surface area contributed by atoms with E-state index in [4.69, 9.17) is 10.5 Å². The maximum absolute atomic E-state index is 12.0. The fourth-order valence-corrected chi connectivity index (χ4v) is 3.52. The van der Waals surface area contributed by atoms with Crippen LogP contribution in [-0.2, 0) is 0 Å². The number of carbonyl (C=O) groups excluding carboxylic acids is 1. The van der Waals surface area contributed by atoms with Crippen molar-refractivity contribution in [3.8, 4) is 17.1 Å². The van der Waals surface area contributed by atoms with Gasteiger partial charge in [-0.3, -0.25) is 4.79 Å². The second-order valence-electron chi connectivity index (χ2n) is 6.78. The lowest BCUT2D eigenvalue weighted by molar-refractivity contribution is 0.0986. The molecule has 0 saturated heterocycles. The van der Waals surface area contributed by atoms with Gasteiger partial charge in [-0.25, -0.2) is 9.67 Å². The first-order valence-corrected chi connectivity index (χ1v) is 8.35. The van der Waals surface area contributed by atoms with E-state index in [0.29, 0.717) is 29.2 Å². The zero-order chi connectivity index (χ0) is 16.8. The smallest absolute Gasteiger partial charge is 0.256 e. The quantitative estimate of drug-likeness (QED) is 0.899. The highest BCUT2D eigenvalue weighted by Gasteiger charge is 2.39. The summed E-state index contributed by atoms with van der Waals surface area (Å²) in [5.74, 6) is 0.784. The van der Waals surface area contributed by atoms with Crippen LogP contribution in [0, 0.1) is 0 Å². The van der Waals surface area contributed by atoms with Gasteiger partial charge in [0, 0.05) is 24.2 Å². The van der Waals surface area contributed by atoms with Gasteiger partial charge in [-0.2, -0.15) is 5.10 Å².